The Kier molecular flexibility index (Phi) is 9.03. The van der Waals surface area contributed by atoms with E-state index in [1.54, 1.807) is 0 Å². The van der Waals surface area contributed by atoms with Crippen LogP contribution >= 0.6 is 0 Å². The zero-order chi connectivity index (χ0) is 44.3. The van der Waals surface area contributed by atoms with Gasteiger partial charge in [-0.15, -0.1) is 10.2 Å². The molecular weight excluding hydrogens is 821 g/mol. The maximum absolute atomic E-state index is 6.59. The molecule has 7 heteroatoms. The molecule has 67 heavy (non-hydrogen) atoms. The summed E-state index contributed by atoms with van der Waals surface area (Å²) < 4.78 is 11.1. The number of nitrogens with zero attached hydrogens (tertiary/aromatic N) is 6. The highest BCUT2D eigenvalue weighted by molar-refractivity contribution is 6.11. The number of fused-ring (bicyclic) bond motifs is 6. The van der Waals surface area contributed by atoms with Crippen molar-refractivity contribution in [2.45, 2.75) is 0 Å². The standard InChI is InChI=1S/C60H38N6O/c1-5-17-39(18-6-1)45-34-51(41-21-9-3-10-22-41)61-57(37-45)65-54-28-16-14-26-48(54)50-33-43(30-32-55(50)65)59-63-64-60(67-59)44-29-31-49-47-25-13-15-27-53(47)66(56(49)36-44)58-38-46(40-19-7-2-8-20-40)35-52(62-58)42-23-11-4-12-24-42/h1-38H. The summed E-state index contributed by atoms with van der Waals surface area (Å²) in [6, 6.07) is 80.1. The average Bonchev–Trinajstić information content (AvgIpc) is 4.12. The number of pyridine rings is 2. The second-order valence-corrected chi connectivity index (χ2v) is 16.7. The highest BCUT2D eigenvalue weighted by Gasteiger charge is 2.21. The quantitative estimate of drug-likeness (QED) is 0.152. The van der Waals surface area contributed by atoms with Crippen LogP contribution < -0.4 is 0 Å². The lowest BCUT2D eigenvalue weighted by atomic mass is 10.0. The van der Waals surface area contributed by atoms with Gasteiger partial charge < -0.3 is 4.42 Å². The number of para-hydroxylation sites is 2. The van der Waals surface area contributed by atoms with Crippen LogP contribution in [0.3, 0.4) is 0 Å². The van der Waals surface area contributed by atoms with Crippen molar-refractivity contribution < 1.29 is 4.42 Å². The number of rotatable bonds is 8. The third kappa shape index (κ3) is 6.68. The van der Waals surface area contributed by atoms with Crippen molar-refractivity contribution in [3.05, 3.63) is 231 Å². The fourth-order valence-electron chi connectivity index (χ4n) is 9.53. The second kappa shape index (κ2) is 15.8. The number of benzene rings is 8. The fourth-order valence-corrected chi connectivity index (χ4v) is 9.53. The molecule has 8 aromatic carbocycles. The summed E-state index contributed by atoms with van der Waals surface area (Å²) in [4.78, 5) is 10.6. The number of hydrogen-bond donors (Lipinski definition) is 0. The molecule has 0 aliphatic rings. The average molecular weight is 859 g/mol. The summed E-state index contributed by atoms with van der Waals surface area (Å²) in [6.45, 7) is 0. The van der Waals surface area contributed by atoms with Gasteiger partial charge in [-0.25, -0.2) is 9.97 Å². The topological polar surface area (TPSA) is 74.6 Å². The largest absolute Gasteiger partial charge is 0.416 e. The third-order valence-electron chi connectivity index (χ3n) is 12.7. The Morgan fingerprint density at radius 3 is 1.21 bits per heavy atom. The lowest BCUT2D eigenvalue weighted by Gasteiger charge is -2.13. The van der Waals surface area contributed by atoms with Crippen molar-refractivity contribution >= 4 is 43.6 Å². The molecule has 7 nitrogen and oxygen atoms in total. The summed E-state index contributed by atoms with van der Waals surface area (Å²) >= 11 is 0. The Morgan fingerprint density at radius 2 is 0.672 bits per heavy atom. The molecule has 0 aliphatic carbocycles. The molecule has 0 radical (unpaired) electrons. The Labute approximate surface area is 385 Å². The zero-order valence-corrected chi connectivity index (χ0v) is 36.0. The van der Waals surface area contributed by atoms with Gasteiger partial charge in [-0.2, -0.15) is 0 Å². The van der Waals surface area contributed by atoms with Gasteiger partial charge in [0.1, 0.15) is 11.6 Å². The molecular formula is C60H38N6O. The van der Waals surface area contributed by atoms with Gasteiger partial charge in [-0.1, -0.05) is 164 Å². The molecule has 314 valence electrons. The highest BCUT2D eigenvalue weighted by Crippen LogP contribution is 2.39. The van der Waals surface area contributed by atoms with E-state index >= 15 is 0 Å². The van der Waals surface area contributed by atoms with E-state index in [1.165, 1.54) is 0 Å². The lowest BCUT2D eigenvalue weighted by Crippen LogP contribution is -2.00. The Balaban J connectivity index is 0.926. The molecule has 0 N–H and O–H groups in total. The predicted molar refractivity (Wildman–Crippen MR) is 271 cm³/mol. The summed E-state index contributed by atoms with van der Waals surface area (Å²) in [5.41, 5.74) is 14.1. The monoisotopic (exact) mass is 858 g/mol. The van der Waals surface area contributed by atoms with E-state index in [0.717, 1.165) is 111 Å². The molecule has 5 aromatic heterocycles. The molecule has 0 spiro atoms. The Hall–Kier alpha value is -9.20. The van der Waals surface area contributed by atoms with Gasteiger partial charge >= 0.3 is 0 Å². The SMILES string of the molecule is c1ccc(-c2cc(-c3ccccc3)nc(-n3c4ccccc4c4cc(-c5nnc(-c6ccc7c8ccccc8n(-c8cc(-c9ccccc9)cc(-c9ccccc9)n8)c7c6)o5)ccc43)c2)cc1. The first-order chi connectivity index (χ1) is 33.2. The minimum atomic E-state index is 0.433. The van der Waals surface area contributed by atoms with E-state index in [4.69, 9.17) is 14.4 Å². The van der Waals surface area contributed by atoms with E-state index in [9.17, 15) is 0 Å². The van der Waals surface area contributed by atoms with Gasteiger partial charge in [0.15, 0.2) is 0 Å². The molecule has 13 rings (SSSR count). The van der Waals surface area contributed by atoms with Crippen LogP contribution in [0.1, 0.15) is 0 Å². The summed E-state index contributed by atoms with van der Waals surface area (Å²) in [7, 11) is 0. The van der Waals surface area contributed by atoms with Gasteiger partial charge in [0, 0.05) is 43.8 Å². The highest BCUT2D eigenvalue weighted by atomic mass is 16.4. The molecule has 0 aliphatic heterocycles. The number of hydrogen-bond acceptors (Lipinski definition) is 5. The third-order valence-corrected chi connectivity index (χ3v) is 12.7. The van der Waals surface area contributed by atoms with E-state index < -0.39 is 0 Å². The van der Waals surface area contributed by atoms with Crippen LogP contribution in [0.15, 0.2) is 235 Å². The minimum Gasteiger partial charge on any atom is -0.416 e. The van der Waals surface area contributed by atoms with E-state index in [2.05, 4.69) is 226 Å². The van der Waals surface area contributed by atoms with Crippen molar-refractivity contribution in [2.75, 3.05) is 0 Å². The molecule has 0 unspecified atom stereocenters. The minimum absolute atomic E-state index is 0.433. The van der Waals surface area contributed by atoms with Crippen LogP contribution in [0.5, 0.6) is 0 Å². The van der Waals surface area contributed by atoms with Crippen molar-refractivity contribution in [1.82, 2.24) is 29.3 Å². The summed E-state index contributed by atoms with van der Waals surface area (Å²) in [6.07, 6.45) is 0. The van der Waals surface area contributed by atoms with Gasteiger partial charge in [0.05, 0.1) is 33.5 Å². The first-order valence-electron chi connectivity index (χ1n) is 22.4. The predicted octanol–water partition coefficient (Wildman–Crippen LogP) is 15.1. The molecule has 0 bridgehead atoms. The van der Waals surface area contributed by atoms with Crippen molar-refractivity contribution in [3.63, 3.8) is 0 Å². The van der Waals surface area contributed by atoms with Crippen LogP contribution in [0.4, 0.5) is 0 Å². The number of aromatic nitrogens is 6. The van der Waals surface area contributed by atoms with E-state index in [1.807, 2.05) is 24.3 Å². The maximum Gasteiger partial charge on any atom is 0.248 e. The van der Waals surface area contributed by atoms with Gasteiger partial charge in [-0.05, 0) is 89.0 Å². The molecule has 0 fully saturated rings. The normalized spacial score (nSPS) is 11.6. The second-order valence-electron chi connectivity index (χ2n) is 16.7. The van der Waals surface area contributed by atoms with Crippen LogP contribution in [0.2, 0.25) is 0 Å². The molecule has 0 atom stereocenters. The van der Waals surface area contributed by atoms with E-state index in [-0.39, 0.29) is 0 Å². The van der Waals surface area contributed by atoms with Crippen LogP contribution in [0.25, 0.3) is 123 Å². The molecule has 5 heterocycles. The van der Waals surface area contributed by atoms with Crippen LogP contribution in [0, 0.1) is 0 Å². The van der Waals surface area contributed by atoms with Gasteiger partial charge in [0.2, 0.25) is 11.8 Å². The fraction of sp³-hybridized carbons (Fsp3) is 0. The lowest BCUT2D eigenvalue weighted by molar-refractivity contribution is 0.585. The smallest absolute Gasteiger partial charge is 0.248 e. The molecule has 0 saturated heterocycles. The Morgan fingerprint density at radius 1 is 0.269 bits per heavy atom. The van der Waals surface area contributed by atoms with Crippen molar-refractivity contribution in [3.8, 4) is 79.3 Å². The Bertz CT molecular complexity index is 3850. The van der Waals surface area contributed by atoms with Crippen LogP contribution in [-0.2, 0) is 0 Å². The van der Waals surface area contributed by atoms with Gasteiger partial charge in [0.25, 0.3) is 0 Å². The molecule has 0 amide bonds. The molecule has 13 aromatic rings. The van der Waals surface area contributed by atoms with Crippen LogP contribution in [-0.4, -0.2) is 29.3 Å². The molecule has 0 saturated carbocycles. The van der Waals surface area contributed by atoms with Crippen molar-refractivity contribution in [1.29, 1.82) is 0 Å². The van der Waals surface area contributed by atoms with E-state index in [0.29, 0.717) is 11.8 Å². The first-order valence-corrected chi connectivity index (χ1v) is 22.4. The first kappa shape index (κ1) is 38.3. The zero-order valence-electron chi connectivity index (χ0n) is 36.0. The maximum atomic E-state index is 6.59. The summed E-state index contributed by atoms with van der Waals surface area (Å²) in [5, 5.41) is 13.7. The van der Waals surface area contributed by atoms with Crippen molar-refractivity contribution in [2.24, 2.45) is 0 Å². The van der Waals surface area contributed by atoms with Gasteiger partial charge in [-0.3, -0.25) is 9.13 Å². The summed E-state index contributed by atoms with van der Waals surface area (Å²) in [5.74, 6) is 2.53.